The van der Waals surface area contributed by atoms with Gasteiger partial charge in [-0.05, 0) is 44.1 Å². The first kappa shape index (κ1) is 23.1. The average molecular weight is 518 g/mol. The van der Waals surface area contributed by atoms with Crippen LogP contribution in [-0.4, -0.2) is 51.3 Å². The largest absolute Gasteiger partial charge is 0.461 e. The summed E-state index contributed by atoms with van der Waals surface area (Å²) >= 11 is 2.09. The van der Waals surface area contributed by atoms with Crippen LogP contribution in [0, 0.1) is 0 Å². The Morgan fingerprint density at radius 2 is 2.29 bits per heavy atom. The number of nitrogens with one attached hydrogen (secondary N) is 3. The monoisotopic (exact) mass is 518 g/mol. The zero-order chi connectivity index (χ0) is 18.9. The quantitative estimate of drug-likeness (QED) is 0.280. The lowest BCUT2D eigenvalue weighted by Gasteiger charge is -2.30. The number of hydrogen-bond donors (Lipinski definition) is 3. The molecule has 0 bridgehead atoms. The van der Waals surface area contributed by atoms with Crippen LogP contribution in [0.1, 0.15) is 45.4 Å². The van der Waals surface area contributed by atoms with Gasteiger partial charge in [-0.15, -0.1) is 24.0 Å². The van der Waals surface area contributed by atoms with Crippen molar-refractivity contribution in [3.63, 3.8) is 0 Å². The highest BCUT2D eigenvalue weighted by molar-refractivity contribution is 14.0. The van der Waals surface area contributed by atoms with Crippen molar-refractivity contribution >= 4 is 41.7 Å². The Morgan fingerprint density at radius 1 is 1.39 bits per heavy atom. The van der Waals surface area contributed by atoms with Gasteiger partial charge in [-0.25, -0.2) is 4.98 Å². The van der Waals surface area contributed by atoms with Crippen LogP contribution >= 0.6 is 35.7 Å². The van der Waals surface area contributed by atoms with Crippen molar-refractivity contribution < 1.29 is 4.42 Å². The smallest absolute Gasteiger partial charge is 0.216 e. The van der Waals surface area contributed by atoms with Gasteiger partial charge in [-0.1, -0.05) is 13.3 Å². The van der Waals surface area contributed by atoms with E-state index in [9.17, 15) is 0 Å². The predicted molar refractivity (Wildman–Crippen MR) is 126 cm³/mol. The number of H-pyrrole nitrogens is 1. The summed E-state index contributed by atoms with van der Waals surface area (Å²) in [7, 11) is 0. The number of furan rings is 1. The van der Waals surface area contributed by atoms with Gasteiger partial charge in [0.1, 0.15) is 5.82 Å². The minimum Gasteiger partial charge on any atom is -0.461 e. The molecule has 0 aromatic carbocycles. The average Bonchev–Trinajstić information content (AvgIpc) is 3.34. The fraction of sp³-hybridized carbons (Fsp3) is 0.632. The molecule has 0 spiro atoms. The number of aromatic amines is 1. The van der Waals surface area contributed by atoms with E-state index in [2.05, 4.69) is 51.4 Å². The van der Waals surface area contributed by atoms with Crippen LogP contribution in [0.2, 0.25) is 0 Å². The van der Waals surface area contributed by atoms with E-state index < -0.39 is 0 Å². The van der Waals surface area contributed by atoms with E-state index in [0.717, 1.165) is 23.6 Å². The lowest BCUT2D eigenvalue weighted by atomic mass is 9.95. The molecule has 28 heavy (non-hydrogen) atoms. The highest BCUT2D eigenvalue weighted by atomic mass is 127. The van der Waals surface area contributed by atoms with Crippen molar-refractivity contribution in [2.75, 3.05) is 18.8 Å². The molecule has 1 aliphatic carbocycles. The van der Waals surface area contributed by atoms with Crippen LogP contribution < -0.4 is 10.6 Å². The molecule has 3 N–H and O–H groups in total. The van der Waals surface area contributed by atoms with E-state index in [1.165, 1.54) is 31.4 Å². The zero-order valence-electron chi connectivity index (χ0n) is 16.6. The number of aromatic nitrogens is 3. The van der Waals surface area contributed by atoms with Crippen LogP contribution in [0.25, 0.3) is 11.6 Å². The van der Waals surface area contributed by atoms with Gasteiger partial charge in [0, 0.05) is 30.8 Å². The molecular weight excluding hydrogens is 487 g/mol. The number of nitrogens with zero attached hydrogens (tertiary/aromatic N) is 3. The van der Waals surface area contributed by atoms with Crippen molar-refractivity contribution in [3.05, 3.63) is 24.2 Å². The maximum Gasteiger partial charge on any atom is 0.216 e. The van der Waals surface area contributed by atoms with Gasteiger partial charge in [0.15, 0.2) is 11.7 Å². The van der Waals surface area contributed by atoms with Gasteiger partial charge in [-0.3, -0.25) is 10.1 Å². The third-order valence-electron chi connectivity index (χ3n) is 4.61. The minimum absolute atomic E-state index is 0. The molecule has 2 unspecified atom stereocenters. The molecule has 1 aliphatic rings. The normalized spacial score (nSPS) is 19.9. The lowest BCUT2D eigenvalue weighted by Crippen LogP contribution is -2.45. The van der Waals surface area contributed by atoms with Crippen LogP contribution in [0.5, 0.6) is 0 Å². The van der Waals surface area contributed by atoms with E-state index in [1.54, 1.807) is 6.26 Å². The molecule has 2 aromatic heterocycles. The van der Waals surface area contributed by atoms with Crippen LogP contribution in [0.4, 0.5) is 0 Å². The number of hydrogen-bond acceptors (Lipinski definition) is 5. The number of guanidine groups is 1. The predicted octanol–water partition coefficient (Wildman–Crippen LogP) is 3.84. The first-order valence-electron chi connectivity index (χ1n) is 9.90. The number of halogens is 1. The molecule has 1 fully saturated rings. The summed E-state index contributed by atoms with van der Waals surface area (Å²) in [5.74, 6) is 4.18. The second kappa shape index (κ2) is 12.4. The van der Waals surface area contributed by atoms with Gasteiger partial charge >= 0.3 is 0 Å². The van der Waals surface area contributed by atoms with Crippen LogP contribution in [-0.2, 0) is 6.42 Å². The summed E-state index contributed by atoms with van der Waals surface area (Å²) < 4.78 is 5.32. The van der Waals surface area contributed by atoms with E-state index >= 15 is 0 Å². The summed E-state index contributed by atoms with van der Waals surface area (Å²) in [5, 5.41) is 14.9. The second-order valence-electron chi connectivity index (χ2n) is 6.68. The maximum atomic E-state index is 5.32. The van der Waals surface area contributed by atoms with Crippen LogP contribution in [0.3, 0.4) is 0 Å². The van der Waals surface area contributed by atoms with Crippen molar-refractivity contribution in [2.24, 2.45) is 4.99 Å². The fourth-order valence-corrected chi connectivity index (χ4v) is 4.55. The summed E-state index contributed by atoms with van der Waals surface area (Å²) in [6.07, 6.45) is 7.41. The summed E-state index contributed by atoms with van der Waals surface area (Å²) in [4.78, 5) is 9.19. The summed E-state index contributed by atoms with van der Waals surface area (Å²) in [6.45, 7) is 5.85. The Hall–Kier alpha value is -1.23. The standard InChI is InChI=1S/C19H30N6OS.HI/c1-3-20-19(22-14-7-5-8-15(13-14)27-4-2)21-11-10-17-23-18(25-24-17)16-9-6-12-26-16;/h6,9,12,14-15H,3-5,7-8,10-11,13H2,1-2H3,(H2,20,21,22)(H,23,24,25);1H. The molecule has 9 heteroatoms. The Bertz CT molecular complexity index is 703. The topological polar surface area (TPSA) is 91.1 Å². The Kier molecular flexibility index (Phi) is 10.2. The Balaban J connectivity index is 0.00000280. The number of thioether (sulfide) groups is 1. The van der Waals surface area contributed by atoms with Crippen molar-refractivity contribution in [2.45, 2.75) is 57.2 Å². The number of rotatable bonds is 8. The van der Waals surface area contributed by atoms with E-state index in [1.807, 2.05) is 12.1 Å². The van der Waals surface area contributed by atoms with Crippen molar-refractivity contribution in [3.8, 4) is 11.6 Å². The first-order valence-corrected chi connectivity index (χ1v) is 10.9. The lowest BCUT2D eigenvalue weighted by molar-refractivity contribution is 0.419. The SMILES string of the molecule is CCNC(=NCCc1nc(-c2ccco2)n[nH]1)NC1CCCC(SCC)C1.I. The molecule has 0 amide bonds. The first-order chi connectivity index (χ1) is 13.3. The third kappa shape index (κ3) is 6.98. The Morgan fingerprint density at radius 3 is 3.04 bits per heavy atom. The van der Waals surface area contributed by atoms with E-state index in [4.69, 9.17) is 9.41 Å². The zero-order valence-corrected chi connectivity index (χ0v) is 19.8. The molecule has 2 atom stereocenters. The van der Waals surface area contributed by atoms with Crippen molar-refractivity contribution in [1.29, 1.82) is 0 Å². The molecule has 1 saturated carbocycles. The van der Waals surface area contributed by atoms with Crippen LogP contribution in [0.15, 0.2) is 27.8 Å². The van der Waals surface area contributed by atoms with E-state index in [0.29, 0.717) is 30.6 Å². The molecule has 156 valence electrons. The van der Waals surface area contributed by atoms with Gasteiger partial charge in [0.25, 0.3) is 0 Å². The highest BCUT2D eigenvalue weighted by Crippen LogP contribution is 2.28. The molecule has 0 aliphatic heterocycles. The molecular formula is C19H31IN6OS. The Labute approximate surface area is 188 Å². The third-order valence-corrected chi connectivity index (χ3v) is 5.84. The van der Waals surface area contributed by atoms with Gasteiger partial charge in [-0.2, -0.15) is 16.9 Å². The maximum absolute atomic E-state index is 5.32. The molecule has 2 heterocycles. The molecule has 7 nitrogen and oxygen atoms in total. The molecule has 2 aromatic rings. The highest BCUT2D eigenvalue weighted by Gasteiger charge is 2.22. The fourth-order valence-electron chi connectivity index (χ4n) is 3.37. The minimum atomic E-state index is 0. The molecule has 0 radical (unpaired) electrons. The van der Waals surface area contributed by atoms with Gasteiger partial charge < -0.3 is 15.1 Å². The van der Waals surface area contributed by atoms with Crippen molar-refractivity contribution in [1.82, 2.24) is 25.8 Å². The summed E-state index contributed by atoms with van der Waals surface area (Å²) in [6, 6.07) is 4.20. The van der Waals surface area contributed by atoms with Gasteiger partial charge in [0.05, 0.1) is 6.26 Å². The van der Waals surface area contributed by atoms with Gasteiger partial charge in [0.2, 0.25) is 5.82 Å². The molecule has 3 rings (SSSR count). The second-order valence-corrected chi connectivity index (χ2v) is 8.26. The van der Waals surface area contributed by atoms with E-state index in [-0.39, 0.29) is 24.0 Å². The molecule has 0 saturated heterocycles. The summed E-state index contributed by atoms with van der Waals surface area (Å²) in [5.41, 5.74) is 0. The number of aliphatic imine (C=N–C) groups is 1.